The zero-order valence-corrected chi connectivity index (χ0v) is 9.92. The summed E-state index contributed by atoms with van der Waals surface area (Å²) in [6.45, 7) is 5.45. The molecule has 14 heavy (non-hydrogen) atoms. The Morgan fingerprint density at radius 3 is 2.71 bits per heavy atom. The summed E-state index contributed by atoms with van der Waals surface area (Å²) in [7, 11) is 0. The lowest BCUT2D eigenvalue weighted by Crippen LogP contribution is -2.22. The molecule has 78 valence electrons. The Balaban J connectivity index is 2.46. The maximum Gasteiger partial charge on any atom is 0.311 e. The van der Waals surface area contributed by atoms with Crippen LogP contribution in [0.1, 0.15) is 26.7 Å². The maximum atomic E-state index is 11.3. The first kappa shape index (κ1) is 11.2. The second-order valence-electron chi connectivity index (χ2n) is 3.88. The summed E-state index contributed by atoms with van der Waals surface area (Å²) in [6.07, 6.45) is 1.51. The van der Waals surface area contributed by atoms with Gasteiger partial charge in [-0.3, -0.25) is 4.79 Å². The first-order valence-electron chi connectivity index (χ1n) is 4.17. The van der Waals surface area contributed by atoms with Gasteiger partial charge in [-0.15, -0.1) is 0 Å². The van der Waals surface area contributed by atoms with Gasteiger partial charge in [0.15, 0.2) is 11.3 Å². The van der Waals surface area contributed by atoms with Gasteiger partial charge in [-0.05, 0) is 36.7 Å². The average Bonchev–Trinajstić information content (AvgIpc) is 2.45. The molecule has 1 aromatic rings. The molecule has 0 amide bonds. The highest BCUT2D eigenvalue weighted by atomic mass is 79.9. The number of aromatic nitrogens is 1. The summed E-state index contributed by atoms with van der Waals surface area (Å²) in [5, 5.41) is 0. The van der Waals surface area contributed by atoms with Crippen LogP contribution in [0.25, 0.3) is 0 Å². The molecule has 0 radical (unpaired) electrons. The minimum Gasteiger partial charge on any atom is -0.455 e. The van der Waals surface area contributed by atoms with E-state index in [-0.39, 0.29) is 12.6 Å². The van der Waals surface area contributed by atoms with Crippen molar-refractivity contribution in [1.82, 2.24) is 4.98 Å². The van der Waals surface area contributed by atoms with Crippen molar-refractivity contribution in [3.63, 3.8) is 0 Å². The van der Waals surface area contributed by atoms with Gasteiger partial charge in [0.05, 0.1) is 11.6 Å². The number of oxazole rings is 1. The number of nitrogens with zero attached hydrogens (tertiary/aromatic N) is 1. The molecule has 0 saturated heterocycles. The van der Waals surface area contributed by atoms with Crippen LogP contribution in [-0.4, -0.2) is 11.0 Å². The fourth-order valence-electron chi connectivity index (χ4n) is 0.699. The van der Waals surface area contributed by atoms with Crippen molar-refractivity contribution in [2.45, 2.75) is 27.4 Å². The lowest BCUT2D eigenvalue weighted by molar-refractivity contribution is -0.155. The Bertz CT molecular complexity index is 327. The van der Waals surface area contributed by atoms with Crippen LogP contribution in [0.15, 0.2) is 15.3 Å². The summed E-state index contributed by atoms with van der Waals surface area (Å²) < 4.78 is 10.6. The lowest BCUT2D eigenvalue weighted by atomic mass is 9.97. The Hall–Kier alpha value is -0.840. The Morgan fingerprint density at radius 1 is 1.64 bits per heavy atom. The van der Waals surface area contributed by atoms with Gasteiger partial charge in [-0.2, -0.15) is 0 Å². The molecule has 0 spiro atoms. The fraction of sp³-hybridized carbons (Fsp3) is 0.556. The first-order chi connectivity index (χ1) is 6.39. The van der Waals surface area contributed by atoms with E-state index in [2.05, 4.69) is 20.9 Å². The molecule has 0 unspecified atom stereocenters. The highest BCUT2D eigenvalue weighted by molar-refractivity contribution is 9.10. The van der Waals surface area contributed by atoms with Crippen molar-refractivity contribution in [2.75, 3.05) is 0 Å². The molecule has 0 aromatic carbocycles. The number of carbonyl (C=O) groups excluding carboxylic acids is 1. The molecule has 0 saturated carbocycles. The average molecular weight is 262 g/mol. The zero-order valence-electron chi connectivity index (χ0n) is 8.33. The van der Waals surface area contributed by atoms with E-state index in [1.165, 1.54) is 6.20 Å². The smallest absolute Gasteiger partial charge is 0.311 e. The number of rotatable bonds is 2. The summed E-state index contributed by atoms with van der Waals surface area (Å²) in [5.41, 5.74) is -0.496. The van der Waals surface area contributed by atoms with Crippen LogP contribution < -0.4 is 0 Å². The van der Waals surface area contributed by atoms with E-state index < -0.39 is 5.41 Å². The second-order valence-corrected chi connectivity index (χ2v) is 4.67. The van der Waals surface area contributed by atoms with Crippen LogP contribution in [0.3, 0.4) is 0 Å². The van der Waals surface area contributed by atoms with E-state index >= 15 is 0 Å². The SMILES string of the molecule is CC(C)(C)C(=O)OCc1ncc(Br)o1. The number of halogens is 1. The standard InChI is InChI=1S/C9H12BrNO3/c1-9(2,3)8(12)13-5-7-11-4-6(10)14-7/h4H,5H2,1-3H3. The summed E-state index contributed by atoms with van der Waals surface area (Å²) in [4.78, 5) is 15.2. The van der Waals surface area contributed by atoms with Gasteiger partial charge in [0.25, 0.3) is 0 Å². The molecule has 0 atom stereocenters. The molecular formula is C9H12BrNO3. The van der Waals surface area contributed by atoms with Crippen molar-refractivity contribution in [1.29, 1.82) is 0 Å². The van der Waals surface area contributed by atoms with Crippen LogP contribution in [0, 0.1) is 5.41 Å². The van der Waals surface area contributed by atoms with Gasteiger partial charge >= 0.3 is 5.97 Å². The van der Waals surface area contributed by atoms with Gasteiger partial charge in [0.2, 0.25) is 5.89 Å². The molecule has 0 bridgehead atoms. The molecular weight excluding hydrogens is 250 g/mol. The number of hydrogen-bond acceptors (Lipinski definition) is 4. The third-order valence-electron chi connectivity index (χ3n) is 1.46. The van der Waals surface area contributed by atoms with Gasteiger partial charge in [-0.1, -0.05) is 0 Å². The van der Waals surface area contributed by atoms with E-state index in [0.717, 1.165) is 0 Å². The van der Waals surface area contributed by atoms with Crippen LogP contribution >= 0.6 is 15.9 Å². The normalized spacial score (nSPS) is 11.4. The summed E-state index contributed by atoms with van der Waals surface area (Å²) in [5.74, 6) is 0.112. The van der Waals surface area contributed by atoms with Crippen molar-refractivity contribution >= 4 is 21.9 Å². The largest absolute Gasteiger partial charge is 0.455 e. The lowest BCUT2D eigenvalue weighted by Gasteiger charge is -2.15. The van der Waals surface area contributed by atoms with Crippen molar-refractivity contribution < 1.29 is 13.9 Å². The highest BCUT2D eigenvalue weighted by Gasteiger charge is 2.23. The van der Waals surface area contributed by atoms with Crippen molar-refractivity contribution in [3.05, 3.63) is 16.8 Å². The van der Waals surface area contributed by atoms with E-state index in [4.69, 9.17) is 9.15 Å². The third kappa shape index (κ3) is 3.14. The van der Waals surface area contributed by atoms with Crippen LogP contribution in [0.5, 0.6) is 0 Å². The Labute approximate surface area is 90.8 Å². The summed E-state index contributed by atoms with van der Waals surface area (Å²) in [6, 6.07) is 0. The first-order valence-corrected chi connectivity index (χ1v) is 4.96. The predicted octanol–water partition coefficient (Wildman–Crippen LogP) is 2.53. The highest BCUT2D eigenvalue weighted by Crippen LogP contribution is 2.17. The third-order valence-corrected chi connectivity index (χ3v) is 1.83. The molecule has 1 rings (SSSR count). The molecule has 0 fully saturated rings. The van der Waals surface area contributed by atoms with Crippen LogP contribution in [0.2, 0.25) is 0 Å². The zero-order chi connectivity index (χ0) is 10.8. The molecule has 1 aromatic heterocycles. The number of hydrogen-bond donors (Lipinski definition) is 0. The minimum absolute atomic E-state index is 0.0711. The Morgan fingerprint density at radius 2 is 2.29 bits per heavy atom. The molecule has 0 N–H and O–H groups in total. The molecule has 0 aliphatic carbocycles. The van der Waals surface area contributed by atoms with Gasteiger partial charge < -0.3 is 9.15 Å². The van der Waals surface area contributed by atoms with E-state index in [0.29, 0.717) is 10.6 Å². The monoisotopic (exact) mass is 261 g/mol. The topological polar surface area (TPSA) is 52.3 Å². The second kappa shape index (κ2) is 4.13. The van der Waals surface area contributed by atoms with Gasteiger partial charge in [-0.25, -0.2) is 4.98 Å². The molecule has 0 aliphatic rings. The van der Waals surface area contributed by atoms with E-state index in [1.54, 1.807) is 20.8 Å². The Kier molecular flexibility index (Phi) is 3.31. The summed E-state index contributed by atoms with van der Waals surface area (Å²) >= 11 is 3.11. The van der Waals surface area contributed by atoms with Crippen molar-refractivity contribution in [3.8, 4) is 0 Å². The maximum absolute atomic E-state index is 11.3. The van der Waals surface area contributed by atoms with E-state index in [9.17, 15) is 4.79 Å². The fourth-order valence-corrected chi connectivity index (χ4v) is 0.988. The quantitative estimate of drug-likeness (QED) is 0.768. The molecule has 5 heteroatoms. The molecule has 4 nitrogen and oxygen atoms in total. The number of esters is 1. The van der Waals surface area contributed by atoms with Gasteiger partial charge in [0, 0.05) is 0 Å². The van der Waals surface area contributed by atoms with Crippen molar-refractivity contribution in [2.24, 2.45) is 5.41 Å². The van der Waals surface area contributed by atoms with Crippen LogP contribution in [0.4, 0.5) is 0 Å². The van der Waals surface area contributed by atoms with Crippen LogP contribution in [-0.2, 0) is 16.1 Å². The van der Waals surface area contributed by atoms with E-state index in [1.807, 2.05) is 0 Å². The number of carbonyl (C=O) groups is 1. The predicted molar refractivity (Wildman–Crippen MR) is 53.5 cm³/mol. The molecule has 0 aliphatic heterocycles. The van der Waals surface area contributed by atoms with Gasteiger partial charge in [0.1, 0.15) is 0 Å². The number of ether oxygens (including phenoxy) is 1. The minimum atomic E-state index is -0.496. The molecule has 1 heterocycles.